The summed E-state index contributed by atoms with van der Waals surface area (Å²) in [4.78, 5) is 30.5. The lowest BCUT2D eigenvalue weighted by molar-refractivity contribution is -0.136. The van der Waals surface area contributed by atoms with Crippen LogP contribution in [-0.4, -0.2) is 71.8 Å². The Morgan fingerprint density at radius 3 is 2.32 bits per heavy atom. The Balaban J connectivity index is 1.78. The van der Waals surface area contributed by atoms with Crippen molar-refractivity contribution in [3.8, 4) is 0 Å². The Morgan fingerprint density at radius 2 is 1.73 bits per heavy atom. The Hall–Kier alpha value is -1.36. The van der Waals surface area contributed by atoms with Crippen LogP contribution in [0.15, 0.2) is 11.6 Å². The molecule has 1 unspecified atom stereocenters. The number of hydrogen-bond acceptors (Lipinski definition) is 3. The van der Waals surface area contributed by atoms with Crippen LogP contribution in [0, 0.1) is 0 Å². The number of hydrogen-bond donors (Lipinski definition) is 0. The van der Waals surface area contributed by atoms with E-state index in [0.717, 1.165) is 38.0 Å². The van der Waals surface area contributed by atoms with Crippen LogP contribution in [0.5, 0.6) is 0 Å². The van der Waals surface area contributed by atoms with Gasteiger partial charge in [-0.15, -0.1) is 0 Å². The number of piperidine rings is 1. The molecule has 0 saturated carbocycles. The van der Waals surface area contributed by atoms with Crippen molar-refractivity contribution in [3.05, 3.63) is 11.6 Å². The summed E-state index contributed by atoms with van der Waals surface area (Å²) < 4.78 is 0. The maximum absolute atomic E-state index is 12.4. The minimum absolute atomic E-state index is 0.0932. The quantitative estimate of drug-likeness (QED) is 0.742. The van der Waals surface area contributed by atoms with Gasteiger partial charge in [-0.1, -0.05) is 5.57 Å². The molecule has 2 saturated heterocycles. The molecular weight excluding hydrogens is 278 g/mol. The van der Waals surface area contributed by atoms with Crippen LogP contribution in [0.25, 0.3) is 0 Å². The predicted octanol–water partition coefficient (Wildman–Crippen LogP) is 1.50. The SMILES string of the molecule is CC(C)=CC(=O)N1CCN(CC(=O)N2CCCCC2C)CC1. The van der Waals surface area contributed by atoms with Crippen molar-refractivity contribution in [2.45, 2.75) is 46.1 Å². The summed E-state index contributed by atoms with van der Waals surface area (Å²) in [5.41, 5.74) is 1.03. The van der Waals surface area contributed by atoms with E-state index < -0.39 is 0 Å². The van der Waals surface area contributed by atoms with Crippen LogP contribution in [0.3, 0.4) is 0 Å². The van der Waals surface area contributed by atoms with Crippen LogP contribution in [-0.2, 0) is 9.59 Å². The molecule has 2 heterocycles. The second-order valence-electron chi connectivity index (χ2n) is 6.76. The molecule has 0 aliphatic carbocycles. The molecule has 0 aromatic heterocycles. The molecular formula is C17H29N3O2. The van der Waals surface area contributed by atoms with Gasteiger partial charge in [0.25, 0.3) is 0 Å². The highest BCUT2D eigenvalue weighted by atomic mass is 16.2. The average Bonchev–Trinajstić information content (AvgIpc) is 2.47. The summed E-state index contributed by atoms with van der Waals surface area (Å²) in [7, 11) is 0. The van der Waals surface area contributed by atoms with Crippen LogP contribution in [0.2, 0.25) is 0 Å². The first-order chi connectivity index (χ1) is 10.5. The molecule has 0 aromatic carbocycles. The van der Waals surface area contributed by atoms with Gasteiger partial charge in [0.05, 0.1) is 6.54 Å². The molecule has 0 bridgehead atoms. The second kappa shape index (κ2) is 7.77. The van der Waals surface area contributed by atoms with E-state index in [9.17, 15) is 9.59 Å². The van der Waals surface area contributed by atoms with E-state index in [2.05, 4.69) is 11.8 Å². The summed E-state index contributed by atoms with van der Waals surface area (Å²) >= 11 is 0. The lowest BCUT2D eigenvalue weighted by Gasteiger charge is -2.37. The summed E-state index contributed by atoms with van der Waals surface area (Å²) in [6.45, 7) is 10.4. The molecule has 5 heteroatoms. The van der Waals surface area contributed by atoms with E-state index in [1.165, 1.54) is 6.42 Å². The Bertz CT molecular complexity index is 435. The van der Waals surface area contributed by atoms with Gasteiger partial charge >= 0.3 is 0 Å². The van der Waals surface area contributed by atoms with Gasteiger partial charge in [-0.3, -0.25) is 14.5 Å². The zero-order valence-electron chi connectivity index (χ0n) is 14.2. The van der Waals surface area contributed by atoms with Crippen LogP contribution in [0.1, 0.15) is 40.0 Å². The van der Waals surface area contributed by atoms with Crippen molar-refractivity contribution in [2.75, 3.05) is 39.3 Å². The van der Waals surface area contributed by atoms with E-state index in [-0.39, 0.29) is 11.8 Å². The van der Waals surface area contributed by atoms with E-state index in [0.29, 0.717) is 25.7 Å². The fourth-order valence-corrected chi connectivity index (χ4v) is 3.22. The van der Waals surface area contributed by atoms with Gasteiger partial charge in [-0.2, -0.15) is 0 Å². The largest absolute Gasteiger partial charge is 0.339 e. The molecule has 0 aromatic rings. The minimum atomic E-state index is 0.0932. The number of likely N-dealkylation sites (tertiary alicyclic amines) is 1. The number of carbonyl (C=O) groups is 2. The topological polar surface area (TPSA) is 43.9 Å². The first-order valence-corrected chi connectivity index (χ1v) is 8.43. The molecule has 1 atom stereocenters. The molecule has 5 nitrogen and oxygen atoms in total. The molecule has 2 aliphatic rings. The first kappa shape index (κ1) is 17.0. The van der Waals surface area contributed by atoms with Crippen LogP contribution >= 0.6 is 0 Å². The average molecular weight is 307 g/mol. The highest BCUT2D eigenvalue weighted by Gasteiger charge is 2.26. The molecule has 2 fully saturated rings. The molecule has 0 N–H and O–H groups in total. The Labute approximate surface area is 133 Å². The third-order valence-electron chi connectivity index (χ3n) is 4.58. The lowest BCUT2D eigenvalue weighted by atomic mass is 10.0. The highest BCUT2D eigenvalue weighted by molar-refractivity contribution is 5.88. The van der Waals surface area contributed by atoms with E-state index in [1.807, 2.05) is 23.6 Å². The highest BCUT2D eigenvalue weighted by Crippen LogP contribution is 2.17. The molecule has 0 spiro atoms. The van der Waals surface area contributed by atoms with Crippen molar-refractivity contribution in [1.29, 1.82) is 0 Å². The zero-order valence-corrected chi connectivity index (χ0v) is 14.2. The van der Waals surface area contributed by atoms with Crippen LogP contribution < -0.4 is 0 Å². The summed E-state index contributed by atoms with van der Waals surface area (Å²) in [6, 6.07) is 0.377. The molecule has 124 valence electrons. The molecule has 0 radical (unpaired) electrons. The Kier molecular flexibility index (Phi) is 6.00. The van der Waals surface area contributed by atoms with Crippen molar-refractivity contribution in [3.63, 3.8) is 0 Å². The molecule has 2 aliphatic heterocycles. The zero-order chi connectivity index (χ0) is 16.1. The molecule has 2 rings (SSSR count). The van der Waals surface area contributed by atoms with Gasteiger partial charge in [-0.05, 0) is 40.0 Å². The maximum atomic E-state index is 12.4. The minimum Gasteiger partial charge on any atom is -0.339 e. The van der Waals surface area contributed by atoms with E-state index in [1.54, 1.807) is 6.08 Å². The molecule has 2 amide bonds. The number of carbonyl (C=O) groups excluding carboxylic acids is 2. The maximum Gasteiger partial charge on any atom is 0.246 e. The summed E-state index contributed by atoms with van der Waals surface area (Å²) in [5.74, 6) is 0.340. The number of piperazine rings is 1. The van der Waals surface area contributed by atoms with Crippen LogP contribution in [0.4, 0.5) is 0 Å². The fraction of sp³-hybridized carbons (Fsp3) is 0.765. The van der Waals surface area contributed by atoms with Gasteiger partial charge in [0.15, 0.2) is 0 Å². The third kappa shape index (κ3) is 4.57. The number of nitrogens with zero attached hydrogens (tertiary/aromatic N) is 3. The predicted molar refractivity (Wildman–Crippen MR) is 87.5 cm³/mol. The van der Waals surface area contributed by atoms with Gasteiger partial charge in [0, 0.05) is 44.8 Å². The van der Waals surface area contributed by atoms with Crippen molar-refractivity contribution in [1.82, 2.24) is 14.7 Å². The van der Waals surface area contributed by atoms with Gasteiger partial charge in [0.2, 0.25) is 11.8 Å². The number of allylic oxidation sites excluding steroid dienone is 1. The summed E-state index contributed by atoms with van der Waals surface area (Å²) in [5, 5.41) is 0. The van der Waals surface area contributed by atoms with E-state index >= 15 is 0 Å². The normalized spacial score (nSPS) is 23.3. The van der Waals surface area contributed by atoms with Crippen molar-refractivity contribution < 1.29 is 9.59 Å². The van der Waals surface area contributed by atoms with Gasteiger partial charge in [0.1, 0.15) is 0 Å². The number of rotatable bonds is 3. The smallest absolute Gasteiger partial charge is 0.246 e. The number of amides is 2. The van der Waals surface area contributed by atoms with E-state index in [4.69, 9.17) is 0 Å². The lowest BCUT2D eigenvalue weighted by Crippen LogP contribution is -2.52. The monoisotopic (exact) mass is 307 g/mol. The second-order valence-corrected chi connectivity index (χ2v) is 6.76. The van der Waals surface area contributed by atoms with Gasteiger partial charge < -0.3 is 9.80 Å². The van der Waals surface area contributed by atoms with Crippen molar-refractivity contribution >= 4 is 11.8 Å². The van der Waals surface area contributed by atoms with Gasteiger partial charge in [-0.25, -0.2) is 0 Å². The fourth-order valence-electron chi connectivity index (χ4n) is 3.22. The van der Waals surface area contributed by atoms with Crippen molar-refractivity contribution in [2.24, 2.45) is 0 Å². The standard InChI is InChI=1S/C17H29N3O2/c1-14(2)12-16(21)19-10-8-18(9-11-19)13-17(22)20-7-5-4-6-15(20)3/h12,15H,4-11,13H2,1-3H3. The summed E-state index contributed by atoms with van der Waals surface area (Å²) in [6.07, 6.45) is 5.17. The Morgan fingerprint density at radius 1 is 1.05 bits per heavy atom. The third-order valence-corrected chi connectivity index (χ3v) is 4.58. The first-order valence-electron chi connectivity index (χ1n) is 8.43. The molecule has 22 heavy (non-hydrogen) atoms.